The van der Waals surface area contributed by atoms with Gasteiger partial charge >= 0.3 is 0 Å². The Balaban J connectivity index is 1.77. The Hall–Kier alpha value is -3.12. The van der Waals surface area contributed by atoms with Gasteiger partial charge in [0.1, 0.15) is 12.4 Å². The summed E-state index contributed by atoms with van der Waals surface area (Å²) in [6.45, 7) is 5.90. The van der Waals surface area contributed by atoms with Gasteiger partial charge in [-0.15, -0.1) is 0 Å². The predicted octanol–water partition coefficient (Wildman–Crippen LogP) is 4.48. The van der Waals surface area contributed by atoms with E-state index in [-0.39, 0.29) is 5.91 Å². The quantitative estimate of drug-likeness (QED) is 0.688. The van der Waals surface area contributed by atoms with Crippen molar-refractivity contribution in [2.45, 2.75) is 26.8 Å². The van der Waals surface area contributed by atoms with Crippen molar-refractivity contribution in [1.29, 1.82) is 0 Å². The van der Waals surface area contributed by atoms with Gasteiger partial charge in [0.2, 0.25) is 5.95 Å². The molecular formula is C21H20ClN5O. The first-order valence-electron chi connectivity index (χ1n) is 8.96. The number of nitrogens with one attached hydrogen (secondary N) is 2. The van der Waals surface area contributed by atoms with E-state index in [4.69, 9.17) is 11.6 Å². The molecule has 0 spiro atoms. The van der Waals surface area contributed by atoms with Crippen molar-refractivity contribution >= 4 is 29.1 Å². The van der Waals surface area contributed by atoms with Crippen LogP contribution in [-0.2, 0) is 4.79 Å². The summed E-state index contributed by atoms with van der Waals surface area (Å²) in [5, 5.41) is 11.2. The zero-order chi connectivity index (χ0) is 19.8. The van der Waals surface area contributed by atoms with E-state index < -0.39 is 6.04 Å². The van der Waals surface area contributed by atoms with Crippen LogP contribution in [0.25, 0.3) is 0 Å². The molecule has 1 atom stereocenters. The molecule has 0 saturated heterocycles. The lowest BCUT2D eigenvalue weighted by molar-refractivity contribution is -0.113. The van der Waals surface area contributed by atoms with Crippen molar-refractivity contribution in [3.63, 3.8) is 0 Å². The number of hydrogen-bond acceptors (Lipinski definition) is 4. The smallest absolute Gasteiger partial charge is 0.255 e. The molecule has 2 aromatic carbocycles. The van der Waals surface area contributed by atoms with Gasteiger partial charge < -0.3 is 10.6 Å². The second-order valence-corrected chi connectivity index (χ2v) is 7.28. The van der Waals surface area contributed by atoms with E-state index in [1.54, 1.807) is 4.68 Å². The van der Waals surface area contributed by atoms with Crippen molar-refractivity contribution in [1.82, 2.24) is 14.8 Å². The molecule has 142 valence electrons. The number of carbonyl (C=O) groups excluding carboxylic acids is 1. The third-order valence-electron chi connectivity index (χ3n) is 5.08. The molecule has 1 aromatic heterocycles. The number of anilines is 2. The molecule has 0 fully saturated rings. The maximum atomic E-state index is 13.3. The molecule has 4 rings (SSSR count). The van der Waals surface area contributed by atoms with E-state index in [0.29, 0.717) is 16.5 Å². The molecule has 0 bridgehead atoms. The topological polar surface area (TPSA) is 71.8 Å². The number of amides is 1. The standard InChI is InChI=1S/C21H20ClN5O/c1-12-5-4-6-17(13(12)2)26-20(28)18-14(3)25-21-23-11-24-27(21)19(18)15-7-9-16(22)10-8-15/h4-11,19H,1-3H3,(H,26,28)(H,23,24,25). The second-order valence-electron chi connectivity index (χ2n) is 6.85. The van der Waals surface area contributed by atoms with Gasteiger partial charge in [-0.2, -0.15) is 10.1 Å². The molecule has 3 aromatic rings. The maximum absolute atomic E-state index is 13.3. The Morgan fingerprint density at radius 1 is 1.14 bits per heavy atom. The van der Waals surface area contributed by atoms with E-state index in [9.17, 15) is 4.79 Å². The van der Waals surface area contributed by atoms with Crippen molar-refractivity contribution in [2.75, 3.05) is 10.6 Å². The molecule has 1 unspecified atom stereocenters. The zero-order valence-corrected chi connectivity index (χ0v) is 16.6. The first-order chi connectivity index (χ1) is 13.5. The Bertz CT molecular complexity index is 1080. The lowest BCUT2D eigenvalue weighted by Crippen LogP contribution is -2.31. The number of aromatic nitrogens is 3. The maximum Gasteiger partial charge on any atom is 0.255 e. The summed E-state index contributed by atoms with van der Waals surface area (Å²) in [6.07, 6.45) is 1.48. The number of benzene rings is 2. The summed E-state index contributed by atoms with van der Waals surface area (Å²) in [5.74, 6) is 0.417. The number of allylic oxidation sites excluding steroid dienone is 1. The van der Waals surface area contributed by atoms with Gasteiger partial charge in [0, 0.05) is 16.4 Å². The lowest BCUT2D eigenvalue weighted by Gasteiger charge is -2.29. The minimum absolute atomic E-state index is 0.181. The summed E-state index contributed by atoms with van der Waals surface area (Å²) in [5.41, 5.74) is 5.19. The highest BCUT2D eigenvalue weighted by Crippen LogP contribution is 2.35. The molecule has 2 heterocycles. The van der Waals surface area contributed by atoms with Crippen LogP contribution in [0.1, 0.15) is 29.7 Å². The molecule has 1 aliphatic heterocycles. The highest BCUT2D eigenvalue weighted by molar-refractivity contribution is 6.30. The number of aryl methyl sites for hydroxylation is 1. The molecule has 0 aliphatic carbocycles. The summed E-state index contributed by atoms with van der Waals surface area (Å²) in [4.78, 5) is 17.6. The number of fused-ring (bicyclic) bond motifs is 1. The van der Waals surface area contributed by atoms with E-state index >= 15 is 0 Å². The average Bonchev–Trinajstić information content (AvgIpc) is 3.13. The van der Waals surface area contributed by atoms with E-state index in [0.717, 1.165) is 28.1 Å². The highest BCUT2D eigenvalue weighted by Gasteiger charge is 2.33. The van der Waals surface area contributed by atoms with Crippen LogP contribution in [-0.4, -0.2) is 20.7 Å². The van der Waals surface area contributed by atoms with Crippen LogP contribution in [0.15, 0.2) is 60.1 Å². The third-order valence-corrected chi connectivity index (χ3v) is 5.33. The van der Waals surface area contributed by atoms with Gasteiger partial charge in [-0.05, 0) is 55.7 Å². The lowest BCUT2D eigenvalue weighted by atomic mass is 9.95. The summed E-state index contributed by atoms with van der Waals surface area (Å²) < 4.78 is 1.72. The second kappa shape index (κ2) is 7.13. The number of rotatable bonds is 3. The molecule has 2 N–H and O–H groups in total. The van der Waals surface area contributed by atoms with Crippen LogP contribution in [0, 0.1) is 13.8 Å². The number of hydrogen-bond donors (Lipinski definition) is 2. The monoisotopic (exact) mass is 393 g/mol. The van der Waals surface area contributed by atoms with Crippen molar-refractivity contribution in [3.8, 4) is 0 Å². The zero-order valence-electron chi connectivity index (χ0n) is 15.8. The molecule has 1 aliphatic rings. The number of halogens is 1. The van der Waals surface area contributed by atoms with Gasteiger partial charge in [0.15, 0.2) is 0 Å². The molecule has 0 radical (unpaired) electrons. The van der Waals surface area contributed by atoms with Crippen molar-refractivity contribution in [3.05, 3.63) is 81.8 Å². The minimum Gasteiger partial charge on any atom is -0.328 e. The van der Waals surface area contributed by atoms with Crippen molar-refractivity contribution in [2.24, 2.45) is 0 Å². The van der Waals surface area contributed by atoms with Crippen molar-refractivity contribution < 1.29 is 4.79 Å². The van der Waals surface area contributed by atoms with Gasteiger partial charge in [0.05, 0.1) is 5.57 Å². The Labute approximate surface area is 168 Å². The van der Waals surface area contributed by atoms with Gasteiger partial charge in [-0.1, -0.05) is 35.9 Å². The number of nitrogens with zero attached hydrogens (tertiary/aromatic N) is 3. The van der Waals surface area contributed by atoms with Crippen LogP contribution in [0.4, 0.5) is 11.6 Å². The average molecular weight is 394 g/mol. The fourth-order valence-electron chi connectivity index (χ4n) is 3.41. The van der Waals surface area contributed by atoms with Crippen LogP contribution < -0.4 is 10.6 Å². The van der Waals surface area contributed by atoms with Crippen LogP contribution in [0.2, 0.25) is 5.02 Å². The van der Waals surface area contributed by atoms with Gasteiger partial charge in [-0.25, -0.2) is 4.68 Å². The predicted molar refractivity (Wildman–Crippen MR) is 110 cm³/mol. The van der Waals surface area contributed by atoms with Gasteiger partial charge in [-0.3, -0.25) is 4.79 Å². The fourth-order valence-corrected chi connectivity index (χ4v) is 3.54. The van der Waals surface area contributed by atoms with E-state index in [1.807, 2.05) is 63.2 Å². The summed E-state index contributed by atoms with van der Waals surface area (Å²) in [6, 6.07) is 12.9. The Morgan fingerprint density at radius 2 is 1.89 bits per heavy atom. The largest absolute Gasteiger partial charge is 0.328 e. The Kier molecular flexibility index (Phi) is 4.65. The van der Waals surface area contributed by atoms with Gasteiger partial charge in [0.25, 0.3) is 5.91 Å². The van der Waals surface area contributed by atoms with E-state index in [1.165, 1.54) is 6.33 Å². The van der Waals surface area contributed by atoms with E-state index in [2.05, 4.69) is 20.7 Å². The van der Waals surface area contributed by atoms with Crippen LogP contribution in [0.5, 0.6) is 0 Å². The molecule has 6 nitrogen and oxygen atoms in total. The first-order valence-corrected chi connectivity index (χ1v) is 9.34. The third kappa shape index (κ3) is 3.16. The molecule has 0 saturated carbocycles. The summed E-state index contributed by atoms with van der Waals surface area (Å²) >= 11 is 6.06. The molecule has 1 amide bonds. The van der Waals surface area contributed by atoms with Crippen LogP contribution >= 0.6 is 11.6 Å². The Morgan fingerprint density at radius 3 is 2.64 bits per heavy atom. The van der Waals surface area contributed by atoms with Crippen LogP contribution in [0.3, 0.4) is 0 Å². The molecule has 28 heavy (non-hydrogen) atoms. The summed E-state index contributed by atoms with van der Waals surface area (Å²) in [7, 11) is 0. The normalized spacial score (nSPS) is 15.8. The SMILES string of the molecule is CC1=C(C(=O)Nc2cccc(C)c2C)C(c2ccc(Cl)cc2)n2ncnc2N1. The first kappa shape index (κ1) is 18.3. The minimum atomic E-state index is -0.402. The number of carbonyl (C=O) groups is 1. The molecule has 7 heteroatoms. The fraction of sp³-hybridized carbons (Fsp3) is 0.190. The highest BCUT2D eigenvalue weighted by atomic mass is 35.5. The molecular weight excluding hydrogens is 374 g/mol.